The lowest BCUT2D eigenvalue weighted by Crippen LogP contribution is -2.48. The molecule has 0 atom stereocenters. The lowest BCUT2D eigenvalue weighted by atomic mass is 10.1. The number of amides is 3. The highest BCUT2D eigenvalue weighted by molar-refractivity contribution is 7.80. The summed E-state index contributed by atoms with van der Waals surface area (Å²) in [6, 6.07) is 5.57. The highest BCUT2D eigenvalue weighted by Crippen LogP contribution is 2.14. The molecule has 0 saturated carbocycles. The average Bonchev–Trinajstić information content (AvgIpc) is 2.70. The van der Waals surface area contributed by atoms with Crippen molar-refractivity contribution < 1.29 is 23.9 Å². The van der Waals surface area contributed by atoms with E-state index in [1.807, 2.05) is 32.9 Å². The van der Waals surface area contributed by atoms with E-state index in [9.17, 15) is 19.2 Å². The Bertz CT molecular complexity index is 797. The first kappa shape index (κ1) is 25.0. The monoisotopic (exact) mass is 436 g/mol. The number of hydrazine groups is 1. The third-order valence-corrected chi connectivity index (χ3v) is 4.17. The summed E-state index contributed by atoms with van der Waals surface area (Å²) in [6.45, 7) is 6.11. The predicted molar refractivity (Wildman–Crippen MR) is 116 cm³/mol. The van der Waals surface area contributed by atoms with Gasteiger partial charge in [0.1, 0.15) is 0 Å². The zero-order valence-corrected chi connectivity index (χ0v) is 18.2. The van der Waals surface area contributed by atoms with Crippen molar-refractivity contribution in [2.24, 2.45) is 0 Å². The molecule has 3 amide bonds. The number of esters is 1. The molecule has 4 N–H and O–H groups in total. The van der Waals surface area contributed by atoms with Gasteiger partial charge in [0.25, 0.3) is 0 Å². The molecule has 1 aromatic carbocycles. The lowest BCUT2D eigenvalue weighted by Gasteiger charge is -2.11. The molecule has 1 rings (SSSR count). The molecule has 1 aromatic rings. The van der Waals surface area contributed by atoms with Crippen LogP contribution in [0.25, 0.3) is 0 Å². The van der Waals surface area contributed by atoms with E-state index < -0.39 is 17.8 Å². The second-order valence-electron chi connectivity index (χ2n) is 6.62. The van der Waals surface area contributed by atoms with E-state index in [2.05, 4.69) is 21.5 Å². The number of hydrogen-bond donors (Lipinski definition) is 4. The van der Waals surface area contributed by atoms with E-state index in [0.717, 1.165) is 11.1 Å². The summed E-state index contributed by atoms with van der Waals surface area (Å²) in [6.07, 6.45) is 0.481. The summed E-state index contributed by atoms with van der Waals surface area (Å²) in [7, 11) is 0. The van der Waals surface area contributed by atoms with Crippen molar-refractivity contribution in [3.63, 3.8) is 0 Å². The first-order valence-corrected chi connectivity index (χ1v) is 10.0. The predicted octanol–water partition coefficient (Wildman–Crippen LogP) is 1.78. The Balaban J connectivity index is 2.22. The molecule has 0 aliphatic carbocycles. The topological polar surface area (TPSA) is 126 Å². The summed E-state index contributed by atoms with van der Waals surface area (Å²) in [5.41, 5.74) is 7.53. The second-order valence-corrected chi connectivity index (χ2v) is 7.03. The highest BCUT2D eigenvalue weighted by atomic mass is 32.1. The van der Waals surface area contributed by atoms with Crippen LogP contribution in [0.15, 0.2) is 18.2 Å². The fraction of sp³-hybridized carbons (Fsp3) is 0.450. The first-order chi connectivity index (χ1) is 14.2. The third-order valence-electron chi connectivity index (χ3n) is 3.96. The number of ether oxygens (including phenoxy) is 1. The maximum Gasteiger partial charge on any atom is 0.306 e. The maximum absolute atomic E-state index is 12.0. The Morgan fingerprint density at radius 1 is 0.900 bits per heavy atom. The van der Waals surface area contributed by atoms with E-state index in [4.69, 9.17) is 17.0 Å². The van der Waals surface area contributed by atoms with Gasteiger partial charge in [0, 0.05) is 24.9 Å². The van der Waals surface area contributed by atoms with Crippen LogP contribution in [0, 0.1) is 13.8 Å². The van der Waals surface area contributed by atoms with Crippen LogP contribution in [0.4, 0.5) is 5.69 Å². The van der Waals surface area contributed by atoms with Gasteiger partial charge in [-0.1, -0.05) is 13.0 Å². The number of rotatable bonds is 9. The Labute approximate surface area is 181 Å². The molecular weight excluding hydrogens is 408 g/mol. The van der Waals surface area contributed by atoms with Crippen molar-refractivity contribution in [2.45, 2.75) is 52.9 Å². The molecule has 30 heavy (non-hydrogen) atoms. The highest BCUT2D eigenvalue weighted by Gasteiger charge is 2.11. The number of thiocarbonyl (C=S) groups is 1. The zero-order valence-electron chi connectivity index (χ0n) is 17.4. The quantitative estimate of drug-likeness (QED) is 0.264. The van der Waals surface area contributed by atoms with Crippen LogP contribution in [0.1, 0.15) is 50.2 Å². The molecule has 164 valence electrons. The lowest BCUT2D eigenvalue weighted by molar-refractivity contribution is -0.144. The van der Waals surface area contributed by atoms with Crippen LogP contribution in [0.5, 0.6) is 0 Å². The zero-order chi connectivity index (χ0) is 22.5. The van der Waals surface area contributed by atoms with Gasteiger partial charge < -0.3 is 15.4 Å². The van der Waals surface area contributed by atoms with Gasteiger partial charge in [-0.2, -0.15) is 0 Å². The summed E-state index contributed by atoms with van der Waals surface area (Å²) in [4.78, 5) is 46.8. The fourth-order valence-corrected chi connectivity index (χ4v) is 2.35. The van der Waals surface area contributed by atoms with Crippen LogP contribution in [-0.2, 0) is 23.9 Å². The molecule has 0 bridgehead atoms. The summed E-state index contributed by atoms with van der Waals surface area (Å²) in [5, 5.41) is 4.95. The van der Waals surface area contributed by atoms with Gasteiger partial charge in [0.15, 0.2) is 5.11 Å². The normalized spacial score (nSPS) is 9.97. The fourth-order valence-electron chi connectivity index (χ4n) is 2.18. The van der Waals surface area contributed by atoms with Crippen molar-refractivity contribution in [3.05, 3.63) is 29.3 Å². The third kappa shape index (κ3) is 10.5. The minimum atomic E-state index is -0.483. The van der Waals surface area contributed by atoms with Crippen molar-refractivity contribution in [2.75, 3.05) is 11.9 Å². The van der Waals surface area contributed by atoms with Gasteiger partial charge in [-0.25, -0.2) is 0 Å². The first-order valence-electron chi connectivity index (χ1n) is 9.62. The molecule has 0 spiro atoms. The van der Waals surface area contributed by atoms with Gasteiger partial charge in [0.05, 0.1) is 13.0 Å². The van der Waals surface area contributed by atoms with Crippen molar-refractivity contribution >= 4 is 46.7 Å². The molecule has 9 nitrogen and oxygen atoms in total. The molecule has 10 heteroatoms. The molecule has 0 aromatic heterocycles. The van der Waals surface area contributed by atoms with Crippen molar-refractivity contribution in [1.29, 1.82) is 0 Å². The maximum atomic E-state index is 12.0. The van der Waals surface area contributed by atoms with E-state index in [0.29, 0.717) is 18.7 Å². The second kappa shape index (κ2) is 13.3. The molecule has 0 aliphatic heterocycles. The number of nitrogens with one attached hydrogen (secondary N) is 4. The summed E-state index contributed by atoms with van der Waals surface area (Å²) in [5.74, 6) is -1.70. The minimum Gasteiger partial charge on any atom is -0.466 e. The molecular formula is C20H28N4O5S. The van der Waals surface area contributed by atoms with Gasteiger partial charge >= 0.3 is 5.97 Å². The summed E-state index contributed by atoms with van der Waals surface area (Å²) >= 11 is 4.89. The van der Waals surface area contributed by atoms with Crippen LogP contribution in [-0.4, -0.2) is 35.4 Å². The average molecular weight is 437 g/mol. The smallest absolute Gasteiger partial charge is 0.306 e. The van der Waals surface area contributed by atoms with E-state index in [1.165, 1.54) is 0 Å². The molecule has 0 radical (unpaired) electrons. The SMILES string of the molecule is CCCOC(=O)CCC(=O)NC(=S)NNC(=O)CCC(=O)Nc1ccc(C)c(C)c1. The van der Waals surface area contributed by atoms with E-state index in [1.54, 1.807) is 6.07 Å². The Kier molecular flexibility index (Phi) is 11.1. The van der Waals surface area contributed by atoms with Crippen LogP contribution in [0.3, 0.4) is 0 Å². The van der Waals surface area contributed by atoms with E-state index >= 15 is 0 Å². The standard InChI is InChI=1S/C20H28N4O5S/c1-4-11-29-19(28)10-9-17(26)22-20(30)24-23-18(27)8-7-16(25)21-15-6-5-13(2)14(3)12-15/h5-6,12H,4,7-11H2,1-3H3,(H,21,25)(H,23,27)(H2,22,24,26,30). The summed E-state index contributed by atoms with van der Waals surface area (Å²) < 4.78 is 4.86. The van der Waals surface area contributed by atoms with Crippen molar-refractivity contribution in [3.8, 4) is 0 Å². The Morgan fingerprint density at radius 3 is 2.23 bits per heavy atom. The van der Waals surface area contributed by atoms with E-state index in [-0.39, 0.29) is 36.7 Å². The van der Waals surface area contributed by atoms with Crippen molar-refractivity contribution in [1.82, 2.24) is 16.2 Å². The number of benzene rings is 1. The number of aryl methyl sites for hydroxylation is 2. The van der Waals surface area contributed by atoms with Gasteiger partial charge in [-0.3, -0.25) is 30.0 Å². The number of anilines is 1. The Morgan fingerprint density at radius 2 is 1.57 bits per heavy atom. The molecule has 0 unspecified atom stereocenters. The Hall–Kier alpha value is -3.01. The number of carbonyl (C=O) groups excluding carboxylic acids is 4. The molecule has 0 heterocycles. The number of carbonyl (C=O) groups is 4. The van der Waals surface area contributed by atoms with Crippen LogP contribution < -0.4 is 21.5 Å². The van der Waals surface area contributed by atoms with Crippen LogP contribution in [0.2, 0.25) is 0 Å². The van der Waals surface area contributed by atoms with Gasteiger partial charge in [-0.05, 0) is 55.7 Å². The number of hydrogen-bond acceptors (Lipinski definition) is 6. The minimum absolute atomic E-state index is 0.0145. The van der Waals surface area contributed by atoms with Gasteiger partial charge in [-0.15, -0.1) is 0 Å². The van der Waals surface area contributed by atoms with Gasteiger partial charge in [0.2, 0.25) is 17.7 Å². The largest absolute Gasteiger partial charge is 0.466 e. The molecule has 0 aliphatic rings. The van der Waals surface area contributed by atoms with Crippen LogP contribution >= 0.6 is 12.2 Å². The molecule has 0 fully saturated rings. The molecule has 0 saturated heterocycles.